The molecule has 1 N–H and O–H groups in total. The minimum absolute atomic E-state index is 0.500. The van der Waals surface area contributed by atoms with Crippen LogP contribution in [0.25, 0.3) is 16.5 Å². The van der Waals surface area contributed by atoms with Crippen LogP contribution in [0, 0.1) is 4.77 Å². The Balaban J connectivity index is 2.33. The molecule has 0 aliphatic heterocycles. The number of nitrogens with one attached hydrogen (secondary N) is 1. The third kappa shape index (κ3) is 2.11. The van der Waals surface area contributed by atoms with Gasteiger partial charge in [0, 0.05) is 15.9 Å². The molecular weight excluding hydrogens is 264 g/mol. The average molecular weight is 275 g/mol. The predicted molar refractivity (Wildman–Crippen MR) is 78.3 cm³/mol. The zero-order chi connectivity index (χ0) is 12.5. The van der Waals surface area contributed by atoms with Crippen molar-refractivity contribution in [3.05, 3.63) is 51.9 Å². The molecule has 90 valence electrons. The van der Waals surface area contributed by atoms with Gasteiger partial charge in [0.15, 0.2) is 4.77 Å². The van der Waals surface area contributed by atoms with Crippen LogP contribution in [-0.2, 0) is 0 Å². The molecule has 4 heteroatoms. The second-order valence-electron chi connectivity index (χ2n) is 4.22. The maximum Gasteiger partial charge on any atom is 0.197 e. The molecule has 0 amide bonds. The zero-order valence-corrected chi connectivity index (χ0v) is 11.2. The van der Waals surface area contributed by atoms with E-state index in [0.29, 0.717) is 9.79 Å². The summed E-state index contributed by atoms with van der Waals surface area (Å²) in [6, 6.07) is 5.71. The van der Waals surface area contributed by atoms with Gasteiger partial charge in [-0.15, -0.1) is 0 Å². The highest BCUT2D eigenvalue weighted by atomic mass is 35.5. The van der Waals surface area contributed by atoms with Crippen molar-refractivity contribution in [2.45, 2.75) is 12.8 Å². The first-order valence-electron chi connectivity index (χ1n) is 5.81. The highest BCUT2D eigenvalue weighted by Gasteiger charge is 2.09. The van der Waals surface area contributed by atoms with E-state index < -0.39 is 0 Å². The van der Waals surface area contributed by atoms with Crippen LogP contribution in [0.15, 0.2) is 36.4 Å². The number of nitrogens with zero attached hydrogens (tertiary/aromatic N) is 1. The molecule has 0 saturated heterocycles. The van der Waals surface area contributed by atoms with Crippen molar-refractivity contribution in [3.63, 3.8) is 0 Å². The number of rotatable bonds is 1. The fraction of sp³-hybridized carbons (Fsp3) is 0.143. The summed E-state index contributed by atoms with van der Waals surface area (Å²) in [5.41, 5.74) is 3.00. The Labute approximate surface area is 115 Å². The van der Waals surface area contributed by atoms with Crippen molar-refractivity contribution in [3.8, 4) is 0 Å². The first-order chi connectivity index (χ1) is 8.74. The lowest BCUT2D eigenvalue weighted by molar-refractivity contribution is 1.04. The smallest absolute Gasteiger partial charge is 0.197 e. The number of aromatic amines is 1. The van der Waals surface area contributed by atoms with Gasteiger partial charge in [0.25, 0.3) is 0 Å². The monoisotopic (exact) mass is 274 g/mol. The van der Waals surface area contributed by atoms with Gasteiger partial charge in [0.2, 0.25) is 0 Å². The van der Waals surface area contributed by atoms with E-state index in [9.17, 15) is 0 Å². The van der Waals surface area contributed by atoms with Crippen molar-refractivity contribution in [1.29, 1.82) is 0 Å². The van der Waals surface area contributed by atoms with Gasteiger partial charge in [0.1, 0.15) is 0 Å². The van der Waals surface area contributed by atoms with E-state index in [1.807, 2.05) is 18.2 Å². The van der Waals surface area contributed by atoms with Crippen LogP contribution in [0.3, 0.4) is 0 Å². The molecule has 0 bridgehead atoms. The summed E-state index contributed by atoms with van der Waals surface area (Å²) in [5, 5.41) is 1.71. The Morgan fingerprint density at radius 3 is 2.94 bits per heavy atom. The largest absolute Gasteiger partial charge is 0.330 e. The lowest BCUT2D eigenvalue weighted by atomic mass is 10.0. The van der Waals surface area contributed by atoms with Gasteiger partial charge in [0.05, 0.1) is 5.69 Å². The molecule has 2 aromatic rings. The molecule has 0 saturated carbocycles. The Bertz CT molecular complexity index is 728. The number of fused-ring (bicyclic) bond motifs is 1. The number of H-pyrrole nitrogens is 1. The first kappa shape index (κ1) is 11.6. The summed E-state index contributed by atoms with van der Waals surface area (Å²) in [5.74, 6) is 0. The third-order valence-corrected chi connectivity index (χ3v) is 3.39. The van der Waals surface area contributed by atoms with Gasteiger partial charge in [-0.1, -0.05) is 29.8 Å². The Kier molecular flexibility index (Phi) is 3.02. The van der Waals surface area contributed by atoms with Crippen LogP contribution < -0.4 is 0 Å². The molecule has 1 aromatic heterocycles. The standard InChI is InChI=1S/C14H11ClN2S/c15-10-6-7-12-11(8-10)13(17-14(18)16-12)9-4-2-1-3-5-9/h2,4-8H,1,3H2,(H,16,17,18). The van der Waals surface area contributed by atoms with Gasteiger partial charge >= 0.3 is 0 Å². The Morgan fingerprint density at radius 1 is 1.28 bits per heavy atom. The summed E-state index contributed by atoms with van der Waals surface area (Å²) < 4.78 is 0.500. The summed E-state index contributed by atoms with van der Waals surface area (Å²) >= 11 is 11.2. The van der Waals surface area contributed by atoms with Crippen LogP contribution in [0.2, 0.25) is 5.02 Å². The minimum atomic E-state index is 0.500. The van der Waals surface area contributed by atoms with E-state index >= 15 is 0 Å². The SMILES string of the molecule is S=c1nc(C2=CCCC=C2)c2cc(Cl)ccc2[nH]1. The zero-order valence-electron chi connectivity index (χ0n) is 9.61. The van der Waals surface area contributed by atoms with E-state index in [4.69, 9.17) is 23.8 Å². The fourth-order valence-electron chi connectivity index (χ4n) is 2.14. The van der Waals surface area contributed by atoms with E-state index in [-0.39, 0.29) is 0 Å². The third-order valence-electron chi connectivity index (χ3n) is 2.96. The number of hydrogen-bond donors (Lipinski definition) is 1. The molecule has 0 radical (unpaired) electrons. The van der Waals surface area contributed by atoms with E-state index in [1.54, 1.807) is 0 Å². The maximum absolute atomic E-state index is 6.06. The van der Waals surface area contributed by atoms with E-state index in [2.05, 4.69) is 28.2 Å². The molecule has 3 rings (SSSR count). The molecule has 1 aliphatic carbocycles. The summed E-state index contributed by atoms with van der Waals surface area (Å²) in [6.45, 7) is 0. The molecule has 18 heavy (non-hydrogen) atoms. The van der Waals surface area contributed by atoms with Crippen LogP contribution in [-0.4, -0.2) is 9.97 Å². The van der Waals surface area contributed by atoms with E-state index in [0.717, 1.165) is 35.0 Å². The number of aromatic nitrogens is 2. The second-order valence-corrected chi connectivity index (χ2v) is 5.04. The fourth-order valence-corrected chi connectivity index (χ4v) is 2.51. The molecule has 1 aromatic carbocycles. The van der Waals surface area contributed by atoms with Gasteiger partial charge in [-0.25, -0.2) is 4.98 Å². The van der Waals surface area contributed by atoms with Crippen molar-refractivity contribution >= 4 is 40.3 Å². The number of halogens is 1. The Hall–Kier alpha value is -1.45. The van der Waals surface area contributed by atoms with Crippen LogP contribution in [0.1, 0.15) is 18.5 Å². The number of benzene rings is 1. The summed E-state index contributed by atoms with van der Waals surface area (Å²) in [4.78, 5) is 7.54. The van der Waals surface area contributed by atoms with Crippen LogP contribution >= 0.6 is 23.8 Å². The summed E-state index contributed by atoms with van der Waals surface area (Å²) in [7, 11) is 0. The van der Waals surface area contributed by atoms with Crippen molar-refractivity contribution in [2.75, 3.05) is 0 Å². The normalized spacial score (nSPS) is 14.8. The molecule has 0 fully saturated rings. The quantitative estimate of drug-likeness (QED) is 0.765. The second kappa shape index (κ2) is 4.67. The predicted octanol–water partition coefficient (Wildman–Crippen LogP) is 4.68. The molecule has 1 aliphatic rings. The molecule has 0 unspecified atom stereocenters. The highest BCUT2D eigenvalue weighted by molar-refractivity contribution is 7.71. The topological polar surface area (TPSA) is 28.7 Å². The summed E-state index contributed by atoms with van der Waals surface area (Å²) in [6.07, 6.45) is 8.58. The molecule has 0 atom stereocenters. The van der Waals surface area contributed by atoms with Crippen molar-refractivity contribution in [2.24, 2.45) is 0 Å². The number of hydrogen-bond acceptors (Lipinski definition) is 2. The molecule has 1 heterocycles. The molecular formula is C14H11ClN2S. The minimum Gasteiger partial charge on any atom is -0.330 e. The van der Waals surface area contributed by atoms with Crippen LogP contribution in [0.5, 0.6) is 0 Å². The number of allylic oxidation sites excluding steroid dienone is 4. The maximum atomic E-state index is 6.06. The Morgan fingerprint density at radius 2 is 2.17 bits per heavy atom. The lowest BCUT2D eigenvalue weighted by Crippen LogP contribution is -1.95. The van der Waals surface area contributed by atoms with Crippen LogP contribution in [0.4, 0.5) is 0 Å². The van der Waals surface area contributed by atoms with Gasteiger partial charge in [-0.2, -0.15) is 0 Å². The highest BCUT2D eigenvalue weighted by Crippen LogP contribution is 2.27. The lowest BCUT2D eigenvalue weighted by Gasteiger charge is -2.10. The van der Waals surface area contributed by atoms with Gasteiger partial charge < -0.3 is 4.98 Å². The molecule has 2 nitrogen and oxygen atoms in total. The van der Waals surface area contributed by atoms with E-state index in [1.165, 1.54) is 0 Å². The average Bonchev–Trinajstić information content (AvgIpc) is 2.39. The van der Waals surface area contributed by atoms with Gasteiger partial charge in [-0.05, 0) is 48.8 Å². The van der Waals surface area contributed by atoms with Crippen molar-refractivity contribution < 1.29 is 0 Å². The first-order valence-corrected chi connectivity index (χ1v) is 6.59. The van der Waals surface area contributed by atoms with Gasteiger partial charge in [-0.3, -0.25) is 0 Å². The molecule has 0 spiro atoms. The van der Waals surface area contributed by atoms with Crippen molar-refractivity contribution in [1.82, 2.24) is 9.97 Å².